The molecule has 2 amide bonds. The van der Waals surface area contributed by atoms with E-state index >= 15 is 0 Å². The maximum absolute atomic E-state index is 12.9. The molecule has 0 bridgehead atoms. The van der Waals surface area contributed by atoms with Gasteiger partial charge in [0.15, 0.2) is 5.82 Å². The van der Waals surface area contributed by atoms with Crippen molar-refractivity contribution in [3.63, 3.8) is 0 Å². The molecule has 4 aromatic rings. The molecule has 9 nitrogen and oxygen atoms in total. The molecule has 4 rings (SSSR count). The number of nitrogens with zero attached hydrogens (tertiary/aromatic N) is 4. The van der Waals surface area contributed by atoms with Crippen LogP contribution in [0.15, 0.2) is 71.4 Å². The van der Waals surface area contributed by atoms with Crippen LogP contribution in [0.1, 0.15) is 48.3 Å². The quantitative estimate of drug-likeness (QED) is 0.370. The zero-order chi connectivity index (χ0) is 23.8. The maximum atomic E-state index is 12.9. The number of hydrazine groups is 1. The molecule has 0 aliphatic rings. The van der Waals surface area contributed by atoms with E-state index in [4.69, 9.17) is 4.52 Å². The minimum absolute atomic E-state index is 0.209. The van der Waals surface area contributed by atoms with Crippen LogP contribution in [0.3, 0.4) is 0 Å². The second kappa shape index (κ2) is 11.0. The molecule has 0 atom stereocenters. The molecule has 174 valence electrons. The summed E-state index contributed by atoms with van der Waals surface area (Å²) in [6, 6.07) is 19.0. The summed E-state index contributed by atoms with van der Waals surface area (Å²) in [5, 5.41) is 8.52. The van der Waals surface area contributed by atoms with Gasteiger partial charge in [0.1, 0.15) is 5.69 Å². The van der Waals surface area contributed by atoms with E-state index in [1.165, 1.54) is 0 Å². The summed E-state index contributed by atoms with van der Waals surface area (Å²) in [7, 11) is 0. The topological polar surface area (TPSA) is 115 Å². The predicted molar refractivity (Wildman–Crippen MR) is 126 cm³/mol. The first kappa shape index (κ1) is 22.9. The number of aryl methyl sites for hydroxylation is 2. The van der Waals surface area contributed by atoms with Gasteiger partial charge in [0.05, 0.1) is 11.3 Å². The third kappa shape index (κ3) is 5.74. The van der Waals surface area contributed by atoms with E-state index < -0.39 is 5.91 Å². The van der Waals surface area contributed by atoms with Crippen molar-refractivity contribution in [3.8, 4) is 16.9 Å². The molecular formula is C25H26N6O3. The summed E-state index contributed by atoms with van der Waals surface area (Å²) in [6.07, 6.45) is 4.60. The lowest BCUT2D eigenvalue weighted by Crippen LogP contribution is -2.41. The van der Waals surface area contributed by atoms with E-state index in [-0.39, 0.29) is 12.3 Å². The van der Waals surface area contributed by atoms with Gasteiger partial charge in [0, 0.05) is 31.0 Å². The Morgan fingerprint density at radius 2 is 1.71 bits per heavy atom. The molecule has 0 fully saturated rings. The van der Waals surface area contributed by atoms with Gasteiger partial charge in [-0.25, -0.2) is 4.68 Å². The molecule has 0 saturated carbocycles. The number of amides is 2. The molecule has 0 unspecified atom stereocenters. The summed E-state index contributed by atoms with van der Waals surface area (Å²) in [5.41, 5.74) is 7.48. The third-order valence-electron chi connectivity index (χ3n) is 5.12. The van der Waals surface area contributed by atoms with Crippen LogP contribution in [0.5, 0.6) is 0 Å². The standard InChI is InChI=1S/C25H26N6O3/c1-2-10-21-26-23(34-30-21)16-9-15-22(32)27-28-25(33)20-17-31(19-13-7-4-8-14-19)29-24(20)18-11-5-3-6-12-18/h3-8,11-14,17H,2,9-10,15-16H2,1H3,(H,27,32)(H,28,33). The highest BCUT2D eigenvalue weighted by molar-refractivity contribution is 6.00. The van der Waals surface area contributed by atoms with Crippen molar-refractivity contribution in [2.24, 2.45) is 0 Å². The van der Waals surface area contributed by atoms with Crippen molar-refractivity contribution in [1.29, 1.82) is 0 Å². The van der Waals surface area contributed by atoms with Crippen LogP contribution < -0.4 is 10.9 Å². The first-order chi connectivity index (χ1) is 16.6. The number of hydrogen-bond donors (Lipinski definition) is 2. The zero-order valence-electron chi connectivity index (χ0n) is 18.9. The molecule has 0 aliphatic heterocycles. The second-order valence-electron chi connectivity index (χ2n) is 7.75. The fraction of sp³-hybridized carbons (Fsp3) is 0.240. The lowest BCUT2D eigenvalue weighted by Gasteiger charge is -2.07. The number of carbonyl (C=O) groups excluding carboxylic acids is 2. The summed E-state index contributed by atoms with van der Waals surface area (Å²) in [5.74, 6) is 0.439. The van der Waals surface area contributed by atoms with Crippen LogP contribution in [-0.2, 0) is 17.6 Å². The van der Waals surface area contributed by atoms with Crippen molar-refractivity contribution in [2.75, 3.05) is 0 Å². The second-order valence-corrected chi connectivity index (χ2v) is 7.75. The third-order valence-corrected chi connectivity index (χ3v) is 5.12. The van der Waals surface area contributed by atoms with Gasteiger partial charge in [0.25, 0.3) is 5.91 Å². The Hall–Kier alpha value is -4.27. The van der Waals surface area contributed by atoms with Gasteiger partial charge in [-0.05, 0) is 25.0 Å². The number of rotatable bonds is 9. The lowest BCUT2D eigenvalue weighted by atomic mass is 10.1. The molecule has 34 heavy (non-hydrogen) atoms. The van der Waals surface area contributed by atoms with Crippen molar-refractivity contribution >= 4 is 11.8 Å². The Labute approximate surface area is 197 Å². The Morgan fingerprint density at radius 3 is 2.44 bits per heavy atom. The molecule has 2 aromatic heterocycles. The van der Waals surface area contributed by atoms with Crippen molar-refractivity contribution in [1.82, 2.24) is 30.8 Å². The van der Waals surface area contributed by atoms with Gasteiger partial charge in [-0.2, -0.15) is 10.1 Å². The van der Waals surface area contributed by atoms with Crippen LogP contribution >= 0.6 is 0 Å². The SMILES string of the molecule is CCCc1noc(CCCC(=O)NNC(=O)c2cn(-c3ccccc3)nc2-c2ccccc2)n1. The Bertz CT molecular complexity index is 1230. The summed E-state index contributed by atoms with van der Waals surface area (Å²) >= 11 is 0. The van der Waals surface area contributed by atoms with Gasteiger partial charge in [-0.3, -0.25) is 20.4 Å². The lowest BCUT2D eigenvalue weighted by molar-refractivity contribution is -0.121. The normalized spacial score (nSPS) is 10.7. The van der Waals surface area contributed by atoms with E-state index in [2.05, 4.69) is 26.1 Å². The van der Waals surface area contributed by atoms with Gasteiger partial charge in [-0.1, -0.05) is 60.6 Å². The van der Waals surface area contributed by atoms with Crippen molar-refractivity contribution in [3.05, 3.63) is 84.1 Å². The van der Waals surface area contributed by atoms with Crippen molar-refractivity contribution in [2.45, 2.75) is 39.0 Å². The minimum atomic E-state index is -0.449. The van der Waals surface area contributed by atoms with Crippen LogP contribution in [0.25, 0.3) is 16.9 Å². The number of para-hydroxylation sites is 1. The van der Waals surface area contributed by atoms with Crippen molar-refractivity contribution < 1.29 is 14.1 Å². The maximum Gasteiger partial charge on any atom is 0.273 e. The highest BCUT2D eigenvalue weighted by atomic mass is 16.5. The van der Waals surface area contributed by atoms with E-state index in [0.29, 0.717) is 35.8 Å². The highest BCUT2D eigenvalue weighted by Crippen LogP contribution is 2.23. The average molecular weight is 459 g/mol. The number of nitrogens with one attached hydrogen (secondary N) is 2. The highest BCUT2D eigenvalue weighted by Gasteiger charge is 2.19. The van der Waals surface area contributed by atoms with E-state index in [9.17, 15) is 9.59 Å². The number of hydrogen-bond acceptors (Lipinski definition) is 6. The van der Waals surface area contributed by atoms with Gasteiger partial charge < -0.3 is 4.52 Å². The molecule has 0 radical (unpaired) electrons. The molecule has 2 heterocycles. The Morgan fingerprint density at radius 1 is 0.971 bits per heavy atom. The molecule has 9 heteroatoms. The van der Waals surface area contributed by atoms with Crippen LogP contribution in [0.4, 0.5) is 0 Å². The fourth-order valence-electron chi connectivity index (χ4n) is 3.44. The number of aromatic nitrogens is 4. The molecular weight excluding hydrogens is 432 g/mol. The first-order valence-electron chi connectivity index (χ1n) is 11.2. The van der Waals surface area contributed by atoms with E-state index in [1.807, 2.05) is 67.6 Å². The number of carbonyl (C=O) groups is 2. The molecule has 0 spiro atoms. The van der Waals surface area contributed by atoms with Crippen LogP contribution in [0.2, 0.25) is 0 Å². The predicted octanol–water partition coefficient (Wildman–Crippen LogP) is 3.66. The van der Waals surface area contributed by atoms with E-state index in [0.717, 1.165) is 24.1 Å². The Kier molecular flexibility index (Phi) is 7.44. The summed E-state index contributed by atoms with van der Waals surface area (Å²) in [6.45, 7) is 2.05. The minimum Gasteiger partial charge on any atom is -0.339 e. The van der Waals surface area contributed by atoms with Gasteiger partial charge in [0.2, 0.25) is 11.8 Å². The molecule has 2 N–H and O–H groups in total. The monoisotopic (exact) mass is 458 g/mol. The average Bonchev–Trinajstić information content (AvgIpc) is 3.51. The van der Waals surface area contributed by atoms with Crippen LogP contribution in [-0.4, -0.2) is 31.7 Å². The Balaban J connectivity index is 1.38. The largest absolute Gasteiger partial charge is 0.339 e. The summed E-state index contributed by atoms with van der Waals surface area (Å²) < 4.78 is 6.83. The summed E-state index contributed by atoms with van der Waals surface area (Å²) in [4.78, 5) is 29.5. The molecule has 0 saturated heterocycles. The van der Waals surface area contributed by atoms with Crippen LogP contribution in [0, 0.1) is 0 Å². The smallest absolute Gasteiger partial charge is 0.273 e. The molecule has 0 aliphatic carbocycles. The first-order valence-corrected chi connectivity index (χ1v) is 11.2. The van der Waals surface area contributed by atoms with Gasteiger partial charge >= 0.3 is 0 Å². The fourth-order valence-corrected chi connectivity index (χ4v) is 3.44. The zero-order valence-corrected chi connectivity index (χ0v) is 18.9. The van der Waals surface area contributed by atoms with Gasteiger partial charge in [-0.15, -0.1) is 0 Å². The molecule has 2 aromatic carbocycles. The number of benzene rings is 2. The van der Waals surface area contributed by atoms with E-state index in [1.54, 1.807) is 10.9 Å².